The van der Waals surface area contributed by atoms with Crippen LogP contribution in [0.15, 0.2) is 74.1 Å². The van der Waals surface area contributed by atoms with E-state index in [-0.39, 0.29) is 25.4 Å². The number of hydrogen-bond acceptors (Lipinski definition) is 3. The van der Waals surface area contributed by atoms with E-state index in [4.69, 9.17) is 0 Å². The molecule has 0 saturated heterocycles. The van der Waals surface area contributed by atoms with Crippen LogP contribution < -0.4 is 10.2 Å². The topological polar surface area (TPSA) is 35.6 Å². The van der Waals surface area contributed by atoms with Gasteiger partial charge in [-0.2, -0.15) is 0 Å². The van der Waals surface area contributed by atoms with Crippen molar-refractivity contribution in [3.8, 4) is 0 Å². The van der Waals surface area contributed by atoms with Crippen molar-refractivity contribution in [2.24, 2.45) is 0 Å². The number of fused-ring (bicyclic) bond motifs is 1. The number of rotatable bonds is 5. The van der Waals surface area contributed by atoms with Crippen LogP contribution in [-0.4, -0.2) is 17.9 Å². The van der Waals surface area contributed by atoms with Gasteiger partial charge in [-0.15, -0.1) is 13.2 Å². The summed E-state index contributed by atoms with van der Waals surface area (Å²) < 4.78 is 55.7. The lowest BCUT2D eigenvalue weighted by Crippen LogP contribution is -2.39. The molecule has 4 nitrogen and oxygen atoms in total. The fourth-order valence-electron chi connectivity index (χ4n) is 4.25. The second kappa shape index (κ2) is 11.3. The largest absolute Gasteiger partial charge is 0.355 e. The van der Waals surface area contributed by atoms with Crippen molar-refractivity contribution in [1.29, 1.82) is 0 Å². The van der Waals surface area contributed by atoms with Crippen LogP contribution in [0, 0.1) is 30.2 Å². The molecule has 37 heavy (non-hydrogen) atoms. The zero-order valence-electron chi connectivity index (χ0n) is 21.0. The Balaban J connectivity index is 0.00000165. The number of aryl methyl sites for hydroxylation is 1. The van der Waals surface area contributed by atoms with E-state index < -0.39 is 35.5 Å². The van der Waals surface area contributed by atoms with E-state index in [0.29, 0.717) is 29.2 Å². The summed E-state index contributed by atoms with van der Waals surface area (Å²) >= 11 is 0. The van der Waals surface area contributed by atoms with E-state index in [1.165, 1.54) is 6.07 Å². The Hall–Kier alpha value is -4.07. The van der Waals surface area contributed by atoms with Gasteiger partial charge in [0, 0.05) is 49.5 Å². The van der Waals surface area contributed by atoms with E-state index in [1.54, 1.807) is 24.3 Å². The third kappa shape index (κ3) is 5.53. The average Bonchev–Trinajstić information content (AvgIpc) is 2.87. The minimum Gasteiger partial charge on any atom is -0.355 e. The molecule has 4 rings (SSSR count). The van der Waals surface area contributed by atoms with Crippen molar-refractivity contribution in [2.75, 3.05) is 11.9 Å². The third-order valence-corrected chi connectivity index (χ3v) is 6.53. The number of carbonyl (C=O) groups excluding carboxylic acids is 1. The molecule has 8 heteroatoms. The number of carbonyl (C=O) groups is 1. The number of halogens is 4. The van der Waals surface area contributed by atoms with Gasteiger partial charge < -0.3 is 15.1 Å². The SMILES string of the molecule is C=C.C=C1N(Cc2c(C)cccc2F)c2cc(C(=O)NCc3c(F)cc(F)cc3F)ccc2[C@H](C)N1C.[HH]. The molecule has 196 valence electrons. The molecule has 1 amide bonds. The third-order valence-electron chi connectivity index (χ3n) is 6.53. The summed E-state index contributed by atoms with van der Waals surface area (Å²) in [6.45, 7) is 13.8. The Bertz CT molecular complexity index is 1300. The molecule has 1 N–H and O–H groups in total. The van der Waals surface area contributed by atoms with Crippen molar-refractivity contribution in [1.82, 2.24) is 10.2 Å². The first-order chi connectivity index (χ1) is 17.6. The van der Waals surface area contributed by atoms with Gasteiger partial charge in [0.25, 0.3) is 5.91 Å². The lowest BCUT2D eigenvalue weighted by molar-refractivity contribution is 0.0950. The summed E-state index contributed by atoms with van der Waals surface area (Å²) in [6, 6.07) is 11.0. The molecule has 0 saturated carbocycles. The molecule has 0 spiro atoms. The second-order valence-corrected chi connectivity index (χ2v) is 8.63. The maximum Gasteiger partial charge on any atom is 0.251 e. The Morgan fingerprint density at radius 1 is 1.00 bits per heavy atom. The van der Waals surface area contributed by atoms with Crippen LogP contribution in [0.4, 0.5) is 23.2 Å². The molecule has 1 aliphatic heterocycles. The first-order valence-electron chi connectivity index (χ1n) is 11.6. The number of nitrogens with zero attached hydrogens (tertiary/aromatic N) is 2. The molecule has 0 aromatic heterocycles. The highest BCUT2D eigenvalue weighted by molar-refractivity contribution is 5.95. The molecule has 3 aromatic rings. The van der Waals surface area contributed by atoms with Crippen molar-refractivity contribution < 1.29 is 23.8 Å². The number of benzene rings is 3. The van der Waals surface area contributed by atoms with Gasteiger partial charge in [0.1, 0.15) is 29.1 Å². The summed E-state index contributed by atoms with van der Waals surface area (Å²) in [5.41, 5.74) is 2.73. The van der Waals surface area contributed by atoms with Crippen LogP contribution in [0.3, 0.4) is 0 Å². The quantitative estimate of drug-likeness (QED) is 0.294. The van der Waals surface area contributed by atoms with Crippen LogP contribution in [0.2, 0.25) is 0 Å². The van der Waals surface area contributed by atoms with Gasteiger partial charge in [-0.25, -0.2) is 17.6 Å². The summed E-state index contributed by atoms with van der Waals surface area (Å²) in [5, 5.41) is 2.48. The van der Waals surface area contributed by atoms with Crippen molar-refractivity contribution in [3.05, 3.63) is 125 Å². The first kappa shape index (κ1) is 27.5. The van der Waals surface area contributed by atoms with Crippen molar-refractivity contribution in [3.63, 3.8) is 0 Å². The zero-order chi connectivity index (χ0) is 27.4. The molecule has 1 aliphatic rings. The van der Waals surface area contributed by atoms with E-state index in [2.05, 4.69) is 25.1 Å². The Morgan fingerprint density at radius 3 is 2.27 bits per heavy atom. The van der Waals surface area contributed by atoms with Gasteiger partial charge in [0.2, 0.25) is 0 Å². The monoisotopic (exact) mass is 513 g/mol. The van der Waals surface area contributed by atoms with Crippen LogP contribution >= 0.6 is 0 Å². The summed E-state index contributed by atoms with van der Waals surface area (Å²) in [6.07, 6.45) is 0. The highest BCUT2D eigenvalue weighted by atomic mass is 19.1. The van der Waals surface area contributed by atoms with Gasteiger partial charge in [0.05, 0.1) is 12.6 Å². The molecule has 0 unspecified atom stereocenters. The van der Waals surface area contributed by atoms with Gasteiger partial charge in [-0.3, -0.25) is 4.79 Å². The van der Waals surface area contributed by atoms with Crippen LogP contribution in [0.25, 0.3) is 0 Å². The van der Waals surface area contributed by atoms with Crippen molar-refractivity contribution in [2.45, 2.75) is 33.0 Å². The second-order valence-electron chi connectivity index (χ2n) is 8.63. The summed E-state index contributed by atoms with van der Waals surface area (Å²) in [5.74, 6) is -3.44. The van der Waals surface area contributed by atoms with Gasteiger partial charge in [-0.1, -0.05) is 24.8 Å². The fourth-order valence-corrected chi connectivity index (χ4v) is 4.25. The number of nitrogens with one attached hydrogen (secondary N) is 1. The smallest absolute Gasteiger partial charge is 0.251 e. The van der Waals surface area contributed by atoms with Crippen LogP contribution in [0.1, 0.15) is 47.0 Å². The lowest BCUT2D eigenvalue weighted by Gasteiger charge is -2.43. The van der Waals surface area contributed by atoms with Gasteiger partial charge in [0.15, 0.2) is 0 Å². The molecule has 1 heterocycles. The fraction of sp³-hybridized carbons (Fsp3) is 0.207. The minimum absolute atomic E-state index is 0. The Morgan fingerprint density at radius 2 is 1.65 bits per heavy atom. The molecule has 0 bridgehead atoms. The molecule has 0 radical (unpaired) electrons. The maximum atomic E-state index is 14.6. The normalized spacial score (nSPS) is 14.6. The molecule has 0 aliphatic carbocycles. The molecule has 1 atom stereocenters. The molecule has 3 aromatic carbocycles. The zero-order valence-corrected chi connectivity index (χ0v) is 21.0. The standard InChI is InChI=1S/C27H25F4N3O.C2H4.H2/c1-15-6-5-7-23(29)22(15)14-34-17(3)33(4)16(2)20-9-8-18(10-26(20)34)27(35)32-13-21-24(30)11-19(28)12-25(21)31;1-2;/h5-12,16H,3,13-14H2,1-2,4H3,(H,32,35);1-2H2;1H/t16-;;/m0../s1. The number of anilines is 1. The Kier molecular flexibility index (Phi) is 8.42. The Labute approximate surface area is 216 Å². The summed E-state index contributed by atoms with van der Waals surface area (Å²) in [7, 11) is 1.89. The molecular formula is C29H31F4N3O. The van der Waals surface area contributed by atoms with Crippen LogP contribution in [-0.2, 0) is 13.1 Å². The predicted molar refractivity (Wildman–Crippen MR) is 140 cm³/mol. The highest BCUT2D eigenvalue weighted by Crippen LogP contribution is 2.40. The van der Waals surface area contributed by atoms with Crippen molar-refractivity contribution >= 4 is 11.6 Å². The maximum absolute atomic E-state index is 14.6. The van der Waals surface area contributed by atoms with E-state index in [0.717, 1.165) is 11.1 Å². The minimum atomic E-state index is -1.08. The predicted octanol–water partition coefficient (Wildman–Crippen LogP) is 7.01. The number of amides is 1. The van der Waals surface area contributed by atoms with Gasteiger partial charge >= 0.3 is 0 Å². The number of hydrogen-bond donors (Lipinski definition) is 1. The average molecular weight is 514 g/mol. The van der Waals surface area contributed by atoms with E-state index in [9.17, 15) is 22.4 Å². The summed E-state index contributed by atoms with van der Waals surface area (Å²) in [4.78, 5) is 16.7. The first-order valence-corrected chi connectivity index (χ1v) is 11.6. The van der Waals surface area contributed by atoms with Crippen LogP contribution in [0.5, 0.6) is 0 Å². The van der Waals surface area contributed by atoms with E-state index >= 15 is 0 Å². The van der Waals surface area contributed by atoms with Gasteiger partial charge in [-0.05, 0) is 43.2 Å². The molecule has 0 fully saturated rings. The highest BCUT2D eigenvalue weighted by Gasteiger charge is 2.30. The van der Waals surface area contributed by atoms with E-state index in [1.807, 2.05) is 36.8 Å². The molecular weight excluding hydrogens is 482 g/mol. The lowest BCUT2D eigenvalue weighted by atomic mass is 9.97.